The van der Waals surface area contributed by atoms with Gasteiger partial charge >= 0.3 is 0 Å². The van der Waals surface area contributed by atoms with Crippen molar-refractivity contribution in [1.82, 2.24) is 0 Å². The van der Waals surface area contributed by atoms with E-state index in [1.54, 1.807) is 0 Å². The molecule has 0 fully saturated rings. The maximum atomic E-state index is 13.5. The van der Waals surface area contributed by atoms with E-state index in [-0.39, 0.29) is 11.8 Å². The average molecular weight is 411 g/mol. The van der Waals surface area contributed by atoms with E-state index in [1.165, 1.54) is 4.90 Å². The predicted octanol–water partition coefficient (Wildman–Crippen LogP) is 5.57. The maximum absolute atomic E-state index is 13.5. The van der Waals surface area contributed by atoms with E-state index in [0.29, 0.717) is 17.0 Å². The Morgan fingerprint density at radius 2 is 1.42 bits per heavy atom. The van der Waals surface area contributed by atoms with Gasteiger partial charge in [0.15, 0.2) is 0 Å². The van der Waals surface area contributed by atoms with Crippen molar-refractivity contribution < 1.29 is 9.59 Å². The Hall–Kier alpha value is -3.66. The smallest absolute Gasteiger partial charge is 0.282 e. The number of carbonyl (C=O) groups excluding carboxylic acids is 2. The minimum absolute atomic E-state index is 0.308. The van der Waals surface area contributed by atoms with Crippen LogP contribution in [0.4, 0.5) is 11.4 Å². The van der Waals surface area contributed by atoms with Crippen molar-refractivity contribution in [3.8, 4) is 0 Å². The molecule has 156 valence electrons. The summed E-state index contributed by atoms with van der Waals surface area (Å²) >= 11 is 0. The van der Waals surface area contributed by atoms with Crippen LogP contribution in [0.5, 0.6) is 0 Å². The van der Waals surface area contributed by atoms with Crippen LogP contribution in [0.2, 0.25) is 0 Å². The summed E-state index contributed by atoms with van der Waals surface area (Å²) in [7, 11) is 0. The molecule has 1 aliphatic heterocycles. The molecule has 0 atom stereocenters. The predicted molar refractivity (Wildman–Crippen MR) is 126 cm³/mol. The van der Waals surface area contributed by atoms with Gasteiger partial charge in [0.05, 0.1) is 11.3 Å². The fourth-order valence-corrected chi connectivity index (χ4v) is 3.75. The summed E-state index contributed by atoms with van der Waals surface area (Å²) in [6, 6.07) is 21.3. The summed E-state index contributed by atoms with van der Waals surface area (Å²) in [4.78, 5) is 28.3. The zero-order valence-corrected chi connectivity index (χ0v) is 18.3. The molecule has 4 nitrogen and oxygen atoms in total. The molecule has 2 amide bonds. The van der Waals surface area contributed by atoms with Gasteiger partial charge in [-0.1, -0.05) is 61.0 Å². The number of hydrogen-bond acceptors (Lipinski definition) is 3. The topological polar surface area (TPSA) is 49.4 Å². The first-order valence-electron chi connectivity index (χ1n) is 10.5. The van der Waals surface area contributed by atoms with Crippen LogP contribution in [0.15, 0.2) is 72.4 Å². The van der Waals surface area contributed by atoms with E-state index in [0.717, 1.165) is 39.9 Å². The van der Waals surface area contributed by atoms with Crippen molar-refractivity contribution in [1.29, 1.82) is 0 Å². The van der Waals surface area contributed by atoms with Gasteiger partial charge in [0, 0.05) is 5.69 Å². The van der Waals surface area contributed by atoms with E-state index in [4.69, 9.17) is 0 Å². The Bertz CT molecular complexity index is 1190. The van der Waals surface area contributed by atoms with E-state index < -0.39 is 0 Å². The number of imide groups is 1. The second kappa shape index (κ2) is 8.23. The molecule has 3 aromatic rings. The monoisotopic (exact) mass is 410 g/mol. The molecule has 1 heterocycles. The van der Waals surface area contributed by atoms with Gasteiger partial charge in [0.1, 0.15) is 5.70 Å². The molecule has 31 heavy (non-hydrogen) atoms. The van der Waals surface area contributed by atoms with Crippen molar-refractivity contribution in [3.63, 3.8) is 0 Å². The van der Waals surface area contributed by atoms with Crippen LogP contribution >= 0.6 is 0 Å². The fourth-order valence-electron chi connectivity index (χ4n) is 3.75. The number of carbonyl (C=O) groups is 2. The number of benzene rings is 3. The normalized spacial score (nSPS) is 13.9. The summed E-state index contributed by atoms with van der Waals surface area (Å²) in [6.07, 6.45) is 0.897. The van der Waals surface area contributed by atoms with E-state index >= 15 is 0 Å². The van der Waals surface area contributed by atoms with Crippen molar-refractivity contribution in [2.75, 3.05) is 10.2 Å². The first-order valence-corrected chi connectivity index (χ1v) is 10.5. The Morgan fingerprint density at radius 1 is 0.774 bits per heavy atom. The molecule has 0 radical (unpaired) electrons. The third kappa shape index (κ3) is 3.89. The summed E-state index contributed by atoms with van der Waals surface area (Å²) in [6.45, 7) is 8.06. The second-order valence-electron chi connectivity index (χ2n) is 8.03. The SMILES string of the molecule is CCc1ccc(N2C(=O)C(Nc3cc(C)ccc3C)=C(c3ccc(C)cc3)C2=O)cc1. The Morgan fingerprint density at radius 3 is 2.06 bits per heavy atom. The Balaban J connectivity index is 1.82. The lowest BCUT2D eigenvalue weighted by Gasteiger charge is -2.16. The number of amides is 2. The van der Waals surface area contributed by atoms with Gasteiger partial charge < -0.3 is 5.32 Å². The molecule has 0 saturated heterocycles. The van der Waals surface area contributed by atoms with Crippen LogP contribution in [0, 0.1) is 20.8 Å². The first-order chi connectivity index (χ1) is 14.9. The lowest BCUT2D eigenvalue weighted by Crippen LogP contribution is -2.32. The summed E-state index contributed by atoms with van der Waals surface area (Å²) in [5.74, 6) is -0.656. The molecule has 0 spiro atoms. The summed E-state index contributed by atoms with van der Waals surface area (Å²) in [5.41, 5.74) is 7.16. The summed E-state index contributed by atoms with van der Waals surface area (Å²) in [5, 5.41) is 3.28. The molecule has 4 rings (SSSR count). The largest absolute Gasteiger partial charge is 0.350 e. The Kier molecular flexibility index (Phi) is 5.47. The van der Waals surface area contributed by atoms with Crippen LogP contribution in [-0.2, 0) is 16.0 Å². The molecular formula is C27H26N2O2. The van der Waals surface area contributed by atoms with Gasteiger partial charge in [-0.05, 0) is 67.6 Å². The van der Waals surface area contributed by atoms with E-state index in [2.05, 4.69) is 12.2 Å². The molecule has 3 aromatic carbocycles. The average Bonchev–Trinajstić information content (AvgIpc) is 3.01. The standard InChI is InChI=1S/C27H26N2O2/c1-5-20-10-14-22(15-11-20)29-26(30)24(21-12-7-17(2)8-13-21)25(27(29)31)28-23-16-18(3)6-9-19(23)4/h6-16,28H,5H2,1-4H3. The number of nitrogens with one attached hydrogen (secondary N) is 1. The van der Waals surface area contributed by atoms with Crippen LogP contribution < -0.4 is 10.2 Å². The fraction of sp³-hybridized carbons (Fsp3) is 0.185. The third-order valence-electron chi connectivity index (χ3n) is 5.68. The van der Waals surface area contributed by atoms with E-state index in [9.17, 15) is 9.59 Å². The minimum Gasteiger partial charge on any atom is -0.350 e. The van der Waals surface area contributed by atoms with Crippen LogP contribution in [0.25, 0.3) is 5.57 Å². The van der Waals surface area contributed by atoms with Gasteiger partial charge in [-0.3, -0.25) is 9.59 Å². The van der Waals surface area contributed by atoms with Crippen LogP contribution in [0.3, 0.4) is 0 Å². The molecular weight excluding hydrogens is 384 g/mol. The van der Waals surface area contributed by atoms with Gasteiger partial charge in [-0.15, -0.1) is 0 Å². The molecule has 1 aliphatic rings. The molecule has 0 bridgehead atoms. The second-order valence-corrected chi connectivity index (χ2v) is 8.03. The number of anilines is 2. The van der Waals surface area contributed by atoms with Crippen molar-refractivity contribution in [2.24, 2.45) is 0 Å². The highest BCUT2D eigenvalue weighted by molar-refractivity contribution is 6.46. The minimum atomic E-state index is -0.342. The lowest BCUT2D eigenvalue weighted by molar-refractivity contribution is -0.120. The highest BCUT2D eigenvalue weighted by atomic mass is 16.2. The third-order valence-corrected chi connectivity index (χ3v) is 5.68. The Labute approximate surface area is 183 Å². The van der Waals surface area contributed by atoms with Crippen LogP contribution in [0.1, 0.15) is 34.7 Å². The van der Waals surface area contributed by atoms with Crippen molar-refractivity contribution >= 4 is 28.8 Å². The van der Waals surface area contributed by atoms with Crippen molar-refractivity contribution in [2.45, 2.75) is 34.1 Å². The van der Waals surface area contributed by atoms with Gasteiger partial charge in [0.2, 0.25) is 0 Å². The molecule has 0 unspecified atom stereocenters. The van der Waals surface area contributed by atoms with Gasteiger partial charge in [-0.2, -0.15) is 0 Å². The van der Waals surface area contributed by atoms with E-state index in [1.807, 2.05) is 87.5 Å². The van der Waals surface area contributed by atoms with Crippen LogP contribution in [-0.4, -0.2) is 11.8 Å². The molecule has 0 aliphatic carbocycles. The quantitative estimate of drug-likeness (QED) is 0.559. The number of rotatable bonds is 5. The molecule has 0 saturated carbocycles. The highest BCUT2D eigenvalue weighted by Gasteiger charge is 2.40. The number of nitrogens with zero attached hydrogens (tertiary/aromatic N) is 1. The highest BCUT2D eigenvalue weighted by Crippen LogP contribution is 2.34. The zero-order valence-electron chi connectivity index (χ0n) is 18.3. The number of hydrogen-bond donors (Lipinski definition) is 1. The van der Waals surface area contributed by atoms with Gasteiger partial charge in [-0.25, -0.2) is 4.90 Å². The molecule has 1 N–H and O–H groups in total. The lowest BCUT2D eigenvalue weighted by atomic mass is 10.0. The first kappa shape index (κ1) is 20.6. The number of aryl methyl sites for hydroxylation is 4. The molecule has 4 heteroatoms. The summed E-state index contributed by atoms with van der Waals surface area (Å²) < 4.78 is 0. The van der Waals surface area contributed by atoms with Gasteiger partial charge in [0.25, 0.3) is 11.8 Å². The van der Waals surface area contributed by atoms with Crippen molar-refractivity contribution in [3.05, 3.63) is 100 Å². The maximum Gasteiger partial charge on any atom is 0.282 e. The zero-order chi connectivity index (χ0) is 22.1. The molecule has 0 aromatic heterocycles.